The molecule has 2 aromatic rings. The molecule has 0 aromatic carbocycles. The van der Waals surface area contributed by atoms with Crippen LogP contribution in [0, 0.1) is 12.8 Å². The van der Waals surface area contributed by atoms with Crippen molar-refractivity contribution >= 4 is 5.91 Å². The van der Waals surface area contributed by atoms with Gasteiger partial charge in [-0.1, -0.05) is 0 Å². The molecule has 2 bridgehead atoms. The Balaban J connectivity index is 1.39. The predicted octanol–water partition coefficient (Wildman–Crippen LogP) is 0.218. The van der Waals surface area contributed by atoms with Gasteiger partial charge in [-0.15, -0.1) is 5.10 Å². The van der Waals surface area contributed by atoms with Crippen molar-refractivity contribution in [2.24, 2.45) is 5.92 Å². The Morgan fingerprint density at radius 1 is 1.32 bits per heavy atom. The summed E-state index contributed by atoms with van der Waals surface area (Å²) >= 11 is 0. The summed E-state index contributed by atoms with van der Waals surface area (Å²) in [4.78, 5) is 24.8. The topological polar surface area (TPSA) is 95.8 Å². The molecule has 3 saturated heterocycles. The number of aromatic amines is 1. The molecule has 9 heteroatoms. The molecular weight excluding hydrogens is 320 g/mol. The summed E-state index contributed by atoms with van der Waals surface area (Å²) in [6, 6.07) is 0.305. The summed E-state index contributed by atoms with van der Waals surface area (Å²) in [5.41, 5.74) is 2.24. The number of fused-ring (bicyclic) bond motifs is 4. The Hall–Kier alpha value is -2.29. The Labute approximate surface area is 146 Å². The predicted molar refractivity (Wildman–Crippen MR) is 89.3 cm³/mol. The van der Waals surface area contributed by atoms with Gasteiger partial charge in [-0.05, 0) is 36.1 Å². The molecule has 1 N–H and O–H groups in total. The number of carbonyl (C=O) groups excluding carboxylic acids is 1. The van der Waals surface area contributed by atoms with E-state index in [0.717, 1.165) is 44.0 Å². The fourth-order valence-electron chi connectivity index (χ4n) is 4.01. The van der Waals surface area contributed by atoms with Gasteiger partial charge < -0.3 is 9.88 Å². The van der Waals surface area contributed by atoms with Gasteiger partial charge >= 0.3 is 0 Å². The van der Waals surface area contributed by atoms with Gasteiger partial charge in [-0.2, -0.15) is 0 Å². The summed E-state index contributed by atoms with van der Waals surface area (Å²) < 4.78 is 1.61. The van der Waals surface area contributed by atoms with Gasteiger partial charge in [0.15, 0.2) is 0 Å². The van der Waals surface area contributed by atoms with E-state index in [1.54, 1.807) is 17.3 Å². The number of hydrogen-bond donors (Lipinski definition) is 1. The maximum atomic E-state index is 12.7. The molecule has 5 rings (SSSR count). The standard InChI is InChI=1S/C16H24N8O/c1-12-15(18-10-17-12)9-22-6-13-2-3-14(8-22)24(7-13)16(25)4-5-23-11-19-20-21-23/h10-11,13-14H,2-9H2,1H3,(H,17,18)/t13-,14+/m1/s1. The molecule has 3 aliphatic heterocycles. The highest BCUT2D eigenvalue weighted by Crippen LogP contribution is 2.29. The molecule has 2 aromatic heterocycles. The first-order chi connectivity index (χ1) is 12.2. The zero-order chi connectivity index (χ0) is 17.2. The molecule has 0 radical (unpaired) electrons. The normalized spacial score (nSPS) is 23.8. The van der Waals surface area contributed by atoms with Crippen molar-refractivity contribution in [1.82, 2.24) is 40.0 Å². The molecule has 0 unspecified atom stereocenters. The summed E-state index contributed by atoms with van der Waals surface area (Å²) in [7, 11) is 0. The second-order valence-electron chi connectivity index (χ2n) is 7.13. The first kappa shape index (κ1) is 16.2. The molecule has 3 aliphatic rings. The molecule has 9 nitrogen and oxygen atoms in total. The van der Waals surface area contributed by atoms with E-state index in [1.807, 2.05) is 0 Å². The lowest BCUT2D eigenvalue weighted by Gasteiger charge is -2.36. The molecule has 1 amide bonds. The molecule has 134 valence electrons. The number of hydrogen-bond acceptors (Lipinski definition) is 6. The van der Waals surface area contributed by atoms with Gasteiger partial charge in [0.25, 0.3) is 0 Å². The monoisotopic (exact) mass is 344 g/mol. The highest BCUT2D eigenvalue weighted by Gasteiger charge is 2.37. The number of rotatable bonds is 5. The summed E-state index contributed by atoms with van der Waals surface area (Å²) in [5, 5.41) is 11.0. The highest BCUT2D eigenvalue weighted by atomic mass is 16.2. The number of amides is 1. The average Bonchev–Trinajstić information content (AvgIpc) is 3.18. The molecule has 25 heavy (non-hydrogen) atoms. The Morgan fingerprint density at radius 3 is 3.00 bits per heavy atom. The number of piperidine rings is 1. The summed E-state index contributed by atoms with van der Waals surface area (Å²) in [5.74, 6) is 0.762. The third-order valence-electron chi connectivity index (χ3n) is 5.36. The minimum Gasteiger partial charge on any atom is -0.348 e. The van der Waals surface area contributed by atoms with Gasteiger partial charge in [0, 0.05) is 44.3 Å². The number of tetrazole rings is 1. The largest absolute Gasteiger partial charge is 0.348 e. The van der Waals surface area contributed by atoms with Crippen LogP contribution in [-0.4, -0.2) is 71.6 Å². The maximum absolute atomic E-state index is 12.7. The number of aryl methyl sites for hydroxylation is 2. The van der Waals surface area contributed by atoms with Gasteiger partial charge in [0.2, 0.25) is 5.91 Å². The van der Waals surface area contributed by atoms with Crippen molar-refractivity contribution in [3.05, 3.63) is 24.0 Å². The molecule has 3 fully saturated rings. The van der Waals surface area contributed by atoms with Crippen LogP contribution in [0.4, 0.5) is 0 Å². The minimum atomic E-state index is 0.211. The zero-order valence-electron chi connectivity index (χ0n) is 14.5. The first-order valence-corrected chi connectivity index (χ1v) is 8.90. The smallest absolute Gasteiger partial charge is 0.224 e. The number of imidazole rings is 1. The van der Waals surface area contributed by atoms with Crippen molar-refractivity contribution in [2.45, 2.75) is 45.3 Å². The van der Waals surface area contributed by atoms with Crippen LogP contribution in [0.25, 0.3) is 0 Å². The Kier molecular flexibility index (Phi) is 4.48. The molecule has 0 aliphatic carbocycles. The SMILES string of the molecule is Cc1[nH]cnc1CN1C[C@H]2CC[C@@H](C1)N(C(=O)CCn1cnnn1)C2. The second kappa shape index (κ2) is 6.91. The van der Waals surface area contributed by atoms with E-state index < -0.39 is 0 Å². The minimum absolute atomic E-state index is 0.211. The van der Waals surface area contributed by atoms with E-state index in [2.05, 4.69) is 42.2 Å². The quantitative estimate of drug-likeness (QED) is 0.833. The van der Waals surface area contributed by atoms with Crippen LogP contribution in [-0.2, 0) is 17.9 Å². The van der Waals surface area contributed by atoms with Crippen LogP contribution in [0.5, 0.6) is 0 Å². The fourth-order valence-corrected chi connectivity index (χ4v) is 4.01. The molecular formula is C16H24N8O. The zero-order valence-corrected chi connectivity index (χ0v) is 14.5. The van der Waals surface area contributed by atoms with E-state index in [0.29, 0.717) is 24.9 Å². The van der Waals surface area contributed by atoms with Crippen molar-refractivity contribution in [3.8, 4) is 0 Å². The van der Waals surface area contributed by atoms with Gasteiger partial charge in [0.05, 0.1) is 18.6 Å². The number of nitrogens with zero attached hydrogens (tertiary/aromatic N) is 7. The van der Waals surface area contributed by atoms with Crippen LogP contribution < -0.4 is 0 Å². The van der Waals surface area contributed by atoms with Gasteiger partial charge in [-0.25, -0.2) is 9.67 Å². The van der Waals surface area contributed by atoms with E-state index in [-0.39, 0.29) is 5.91 Å². The lowest BCUT2D eigenvalue weighted by molar-refractivity contribution is -0.135. The van der Waals surface area contributed by atoms with Crippen molar-refractivity contribution in [2.75, 3.05) is 19.6 Å². The Morgan fingerprint density at radius 2 is 2.24 bits per heavy atom. The van der Waals surface area contributed by atoms with Crippen molar-refractivity contribution in [3.63, 3.8) is 0 Å². The summed E-state index contributed by atoms with van der Waals surface area (Å²) in [6.45, 7) is 6.29. The van der Waals surface area contributed by atoms with Crippen LogP contribution in [0.15, 0.2) is 12.7 Å². The lowest BCUT2D eigenvalue weighted by Crippen LogP contribution is -2.47. The third-order valence-corrected chi connectivity index (χ3v) is 5.36. The summed E-state index contributed by atoms with van der Waals surface area (Å²) in [6.07, 6.45) is 6.06. The second-order valence-corrected chi connectivity index (χ2v) is 7.13. The molecule has 0 spiro atoms. The van der Waals surface area contributed by atoms with Crippen molar-refractivity contribution < 1.29 is 4.79 Å². The van der Waals surface area contributed by atoms with E-state index >= 15 is 0 Å². The number of aromatic nitrogens is 6. The molecule has 2 atom stereocenters. The number of carbonyl (C=O) groups is 1. The van der Waals surface area contributed by atoms with Crippen LogP contribution in [0.3, 0.4) is 0 Å². The number of H-pyrrole nitrogens is 1. The number of nitrogens with one attached hydrogen (secondary N) is 1. The molecule has 0 saturated carbocycles. The van der Waals surface area contributed by atoms with E-state index in [4.69, 9.17) is 0 Å². The molecule has 5 heterocycles. The van der Waals surface area contributed by atoms with Crippen molar-refractivity contribution in [1.29, 1.82) is 0 Å². The van der Waals surface area contributed by atoms with E-state index in [1.165, 1.54) is 6.42 Å². The lowest BCUT2D eigenvalue weighted by atomic mass is 9.94. The van der Waals surface area contributed by atoms with Crippen LogP contribution in [0.2, 0.25) is 0 Å². The maximum Gasteiger partial charge on any atom is 0.224 e. The van der Waals surface area contributed by atoms with Crippen LogP contribution in [0.1, 0.15) is 30.7 Å². The van der Waals surface area contributed by atoms with Crippen LogP contribution >= 0.6 is 0 Å². The third kappa shape index (κ3) is 3.55. The average molecular weight is 344 g/mol. The van der Waals surface area contributed by atoms with Gasteiger partial charge in [-0.3, -0.25) is 9.69 Å². The first-order valence-electron chi connectivity index (χ1n) is 8.90. The van der Waals surface area contributed by atoms with Gasteiger partial charge in [0.1, 0.15) is 6.33 Å². The Bertz CT molecular complexity index is 712. The highest BCUT2D eigenvalue weighted by molar-refractivity contribution is 5.76. The fraction of sp³-hybridized carbons (Fsp3) is 0.688. The van der Waals surface area contributed by atoms with E-state index in [9.17, 15) is 4.79 Å².